The molecule has 108 valence electrons. The fourth-order valence-electron chi connectivity index (χ4n) is 2.56. The number of carbonyl (C=O) groups is 3. The van der Waals surface area contributed by atoms with Crippen LogP contribution in [-0.2, 0) is 9.59 Å². The summed E-state index contributed by atoms with van der Waals surface area (Å²) < 4.78 is 0. The summed E-state index contributed by atoms with van der Waals surface area (Å²) in [6.45, 7) is 4.03. The molecule has 0 aromatic heterocycles. The van der Waals surface area contributed by atoms with Crippen molar-refractivity contribution >= 4 is 28.9 Å². The molecule has 0 aliphatic heterocycles. The predicted molar refractivity (Wildman–Crippen MR) is 82.3 cm³/mol. The van der Waals surface area contributed by atoms with Gasteiger partial charge in [0.05, 0.1) is 11.3 Å². The van der Waals surface area contributed by atoms with E-state index in [4.69, 9.17) is 5.73 Å². The summed E-state index contributed by atoms with van der Waals surface area (Å²) in [6, 6.07) is 12.1. The molecular weight excluding hydrogens is 280 g/mol. The Balaban J connectivity index is 2.17. The van der Waals surface area contributed by atoms with Crippen LogP contribution in [0, 0.1) is 0 Å². The lowest BCUT2D eigenvalue weighted by Crippen LogP contribution is -2.30. The van der Waals surface area contributed by atoms with E-state index < -0.39 is 11.8 Å². The smallest absolute Gasteiger partial charge is 0.313 e. The van der Waals surface area contributed by atoms with Crippen LogP contribution in [0.2, 0.25) is 0 Å². The van der Waals surface area contributed by atoms with Crippen LogP contribution >= 0.6 is 0 Å². The molecule has 5 nitrogen and oxygen atoms in total. The molecule has 3 rings (SSSR count). The molecule has 0 saturated heterocycles. The highest BCUT2D eigenvalue weighted by Crippen LogP contribution is 2.37. The predicted octanol–water partition coefficient (Wildman–Crippen LogP) is 1.72. The molecule has 3 N–H and O–H groups in total. The Kier molecular flexibility index (Phi) is 3.10. The number of hydrogen-bond donors (Lipinski definition) is 2. The minimum absolute atomic E-state index is 0.224. The number of amides is 2. The molecule has 0 atom stereocenters. The third-order valence-corrected chi connectivity index (χ3v) is 3.59. The maximum atomic E-state index is 12.7. The van der Waals surface area contributed by atoms with Gasteiger partial charge in [-0.3, -0.25) is 14.4 Å². The molecule has 0 saturated carbocycles. The summed E-state index contributed by atoms with van der Waals surface area (Å²) in [7, 11) is 0. The van der Waals surface area contributed by atoms with Crippen LogP contribution in [0.4, 0.5) is 5.69 Å². The van der Waals surface area contributed by atoms with E-state index in [2.05, 4.69) is 11.9 Å². The van der Waals surface area contributed by atoms with Crippen LogP contribution in [0.1, 0.15) is 27.0 Å². The Morgan fingerprint density at radius 1 is 0.955 bits per heavy atom. The number of hydrogen-bond acceptors (Lipinski definition) is 3. The van der Waals surface area contributed by atoms with E-state index >= 15 is 0 Å². The van der Waals surface area contributed by atoms with Gasteiger partial charge in [0, 0.05) is 5.56 Å². The maximum absolute atomic E-state index is 12.7. The second kappa shape index (κ2) is 4.96. The van der Waals surface area contributed by atoms with E-state index in [0.29, 0.717) is 22.3 Å². The molecule has 0 fully saturated rings. The van der Waals surface area contributed by atoms with Gasteiger partial charge in [0.2, 0.25) is 0 Å². The summed E-state index contributed by atoms with van der Waals surface area (Å²) in [5, 5.41) is 2.38. The first-order valence-electron chi connectivity index (χ1n) is 6.58. The zero-order chi connectivity index (χ0) is 15.9. The van der Waals surface area contributed by atoms with Gasteiger partial charge in [0.25, 0.3) is 0 Å². The van der Waals surface area contributed by atoms with Crippen molar-refractivity contribution in [2.75, 3.05) is 5.32 Å². The quantitative estimate of drug-likeness (QED) is 0.669. The molecule has 5 heteroatoms. The zero-order valence-corrected chi connectivity index (χ0v) is 11.6. The monoisotopic (exact) mass is 292 g/mol. The maximum Gasteiger partial charge on any atom is 0.313 e. The normalized spacial score (nSPS) is 12.4. The van der Waals surface area contributed by atoms with Crippen molar-refractivity contribution in [2.24, 2.45) is 5.73 Å². The van der Waals surface area contributed by atoms with Crippen LogP contribution in [0.25, 0.3) is 5.57 Å². The zero-order valence-electron chi connectivity index (χ0n) is 11.6. The van der Waals surface area contributed by atoms with Gasteiger partial charge in [-0.2, -0.15) is 0 Å². The van der Waals surface area contributed by atoms with Crippen LogP contribution in [-0.4, -0.2) is 17.6 Å². The van der Waals surface area contributed by atoms with Gasteiger partial charge in [-0.15, -0.1) is 0 Å². The number of benzene rings is 2. The van der Waals surface area contributed by atoms with Crippen molar-refractivity contribution in [3.63, 3.8) is 0 Å². The molecule has 1 aliphatic rings. The minimum atomic E-state index is -1.11. The summed E-state index contributed by atoms with van der Waals surface area (Å²) in [5.41, 5.74) is 8.12. The molecule has 0 spiro atoms. The van der Waals surface area contributed by atoms with Gasteiger partial charge >= 0.3 is 11.8 Å². The number of primary amides is 1. The molecule has 22 heavy (non-hydrogen) atoms. The third kappa shape index (κ3) is 2.00. The molecular formula is C17H12N2O3. The average Bonchev–Trinajstić information content (AvgIpc) is 2.52. The average molecular weight is 292 g/mol. The van der Waals surface area contributed by atoms with Gasteiger partial charge in [-0.25, -0.2) is 0 Å². The largest absolute Gasteiger partial charge is 0.361 e. The summed E-state index contributed by atoms with van der Waals surface area (Å²) in [5.74, 6) is -2.30. The molecule has 2 amide bonds. The number of rotatable bonds is 1. The van der Waals surface area contributed by atoms with Crippen molar-refractivity contribution in [1.29, 1.82) is 0 Å². The van der Waals surface area contributed by atoms with Gasteiger partial charge in [-0.05, 0) is 22.8 Å². The second-order valence-electron chi connectivity index (χ2n) is 4.90. The number of ketones is 1. The number of fused-ring (bicyclic) bond motifs is 2. The number of anilines is 1. The van der Waals surface area contributed by atoms with E-state index in [-0.39, 0.29) is 11.5 Å². The lowest BCUT2D eigenvalue weighted by molar-refractivity contribution is -0.134. The summed E-state index contributed by atoms with van der Waals surface area (Å²) in [4.78, 5) is 35.2. The number of nitrogens with one attached hydrogen (secondary N) is 1. The standard InChI is InChI=1S/C17H12N2O3/c1-9-10-5-2-3-6-12(10)15(20)14-11(9)7-4-8-13(14)19-17(22)16(18)21/h2-8H,1H2,(H2,18,21)(H,19,22). The fraction of sp³-hybridized carbons (Fsp3) is 0. The van der Waals surface area contributed by atoms with E-state index in [1.54, 1.807) is 30.3 Å². The Bertz CT molecular complexity index is 853. The fourth-order valence-corrected chi connectivity index (χ4v) is 2.56. The topological polar surface area (TPSA) is 89.3 Å². The van der Waals surface area contributed by atoms with Gasteiger partial charge in [0.15, 0.2) is 5.78 Å². The van der Waals surface area contributed by atoms with Gasteiger partial charge in [-0.1, -0.05) is 43.0 Å². The van der Waals surface area contributed by atoms with Crippen LogP contribution in [0.15, 0.2) is 49.0 Å². The minimum Gasteiger partial charge on any atom is -0.361 e. The SMILES string of the molecule is C=C1c2ccccc2C(=O)c2c(NC(=O)C(N)=O)cccc21. The summed E-state index contributed by atoms with van der Waals surface area (Å²) in [6.07, 6.45) is 0. The van der Waals surface area contributed by atoms with Crippen molar-refractivity contribution in [2.45, 2.75) is 0 Å². The molecule has 2 aromatic carbocycles. The Hall–Kier alpha value is -3.21. The van der Waals surface area contributed by atoms with E-state index in [1.807, 2.05) is 12.1 Å². The molecule has 2 aromatic rings. The third-order valence-electron chi connectivity index (χ3n) is 3.59. The van der Waals surface area contributed by atoms with Crippen LogP contribution < -0.4 is 11.1 Å². The molecule has 1 aliphatic carbocycles. The Morgan fingerprint density at radius 3 is 2.27 bits per heavy atom. The van der Waals surface area contributed by atoms with E-state index in [1.165, 1.54) is 0 Å². The molecule has 0 bridgehead atoms. The lowest BCUT2D eigenvalue weighted by Gasteiger charge is -2.22. The first kappa shape index (κ1) is 13.8. The van der Waals surface area contributed by atoms with Crippen LogP contribution in [0.5, 0.6) is 0 Å². The Morgan fingerprint density at radius 2 is 1.59 bits per heavy atom. The second-order valence-corrected chi connectivity index (χ2v) is 4.90. The highest BCUT2D eigenvalue weighted by Gasteiger charge is 2.28. The van der Waals surface area contributed by atoms with E-state index in [9.17, 15) is 14.4 Å². The van der Waals surface area contributed by atoms with Crippen LogP contribution in [0.3, 0.4) is 0 Å². The number of carbonyl (C=O) groups excluding carboxylic acids is 3. The van der Waals surface area contributed by atoms with E-state index in [0.717, 1.165) is 5.56 Å². The molecule has 0 unspecified atom stereocenters. The molecule has 0 radical (unpaired) electrons. The first-order chi connectivity index (χ1) is 10.5. The summed E-state index contributed by atoms with van der Waals surface area (Å²) >= 11 is 0. The lowest BCUT2D eigenvalue weighted by atomic mass is 9.81. The first-order valence-corrected chi connectivity index (χ1v) is 6.58. The van der Waals surface area contributed by atoms with Crippen molar-refractivity contribution < 1.29 is 14.4 Å². The highest BCUT2D eigenvalue weighted by atomic mass is 16.2. The van der Waals surface area contributed by atoms with Gasteiger partial charge in [0.1, 0.15) is 0 Å². The van der Waals surface area contributed by atoms with Crippen molar-refractivity contribution in [1.82, 2.24) is 0 Å². The molecule has 0 heterocycles. The Labute approximate surface area is 126 Å². The number of nitrogens with two attached hydrogens (primary N) is 1. The van der Waals surface area contributed by atoms with Crippen molar-refractivity contribution in [3.05, 3.63) is 71.3 Å². The van der Waals surface area contributed by atoms with Crippen molar-refractivity contribution in [3.8, 4) is 0 Å². The highest BCUT2D eigenvalue weighted by molar-refractivity contribution is 6.39. The van der Waals surface area contributed by atoms with Gasteiger partial charge < -0.3 is 11.1 Å².